The third-order valence-corrected chi connectivity index (χ3v) is 3.44. The Balaban J connectivity index is 2.04. The zero-order valence-corrected chi connectivity index (χ0v) is 12.8. The van der Waals surface area contributed by atoms with Crippen molar-refractivity contribution < 1.29 is 13.2 Å². The lowest BCUT2D eigenvalue weighted by Crippen LogP contribution is -2.05. The van der Waals surface area contributed by atoms with E-state index in [1.807, 2.05) is 0 Å². The van der Waals surface area contributed by atoms with Gasteiger partial charge in [-0.2, -0.15) is 18.3 Å². The summed E-state index contributed by atoms with van der Waals surface area (Å²) in [5.74, 6) is 0. The molecule has 0 N–H and O–H groups in total. The fraction of sp³-hybridized carbons (Fsp3) is 0.0625. The molecule has 0 radical (unpaired) electrons. The lowest BCUT2D eigenvalue weighted by molar-refractivity contribution is -0.137. The molecule has 3 rings (SSSR count). The Morgan fingerprint density at radius 2 is 1.83 bits per heavy atom. The van der Waals surface area contributed by atoms with Gasteiger partial charge in [0, 0.05) is 11.2 Å². The monoisotopic (exact) mass is 350 g/mol. The maximum absolute atomic E-state index is 12.9. The van der Waals surface area contributed by atoms with Gasteiger partial charge in [0.15, 0.2) is 0 Å². The van der Waals surface area contributed by atoms with Gasteiger partial charge in [0.25, 0.3) is 0 Å². The molecule has 0 spiro atoms. The average molecular weight is 351 g/mol. The third kappa shape index (κ3) is 3.62. The predicted octanol–water partition coefficient (Wildman–Crippen LogP) is 4.69. The van der Waals surface area contributed by atoms with Crippen molar-refractivity contribution in [2.24, 2.45) is 4.99 Å². The van der Waals surface area contributed by atoms with E-state index in [2.05, 4.69) is 15.1 Å². The molecule has 0 bridgehead atoms. The summed E-state index contributed by atoms with van der Waals surface area (Å²) in [6.07, 6.45) is -0.300. The number of aliphatic imine (C=N–C) groups is 1. The van der Waals surface area contributed by atoms with Crippen molar-refractivity contribution in [2.75, 3.05) is 0 Å². The number of hydrogen-bond donors (Lipinski definition) is 0. The number of benzene rings is 2. The van der Waals surface area contributed by atoms with Crippen LogP contribution in [0.25, 0.3) is 5.69 Å². The van der Waals surface area contributed by atoms with Gasteiger partial charge in [0.05, 0.1) is 16.9 Å². The molecule has 0 aliphatic heterocycles. The fourth-order valence-corrected chi connectivity index (χ4v) is 2.15. The molecule has 8 heteroatoms. The molecule has 4 nitrogen and oxygen atoms in total. The summed E-state index contributed by atoms with van der Waals surface area (Å²) in [5, 5.41) is 4.50. The van der Waals surface area contributed by atoms with Gasteiger partial charge in [-0.15, -0.1) is 0 Å². The van der Waals surface area contributed by atoms with Crippen LogP contribution in [0.5, 0.6) is 0 Å². The van der Waals surface area contributed by atoms with E-state index in [9.17, 15) is 13.2 Å². The summed E-state index contributed by atoms with van der Waals surface area (Å²) in [4.78, 5) is 7.98. The van der Waals surface area contributed by atoms with E-state index in [1.165, 1.54) is 29.6 Å². The number of alkyl halides is 3. The molecule has 0 amide bonds. The third-order valence-electron chi connectivity index (χ3n) is 3.19. The molecule has 0 atom stereocenters. The van der Waals surface area contributed by atoms with E-state index < -0.39 is 11.7 Å². The van der Waals surface area contributed by atoms with Crippen LogP contribution < -0.4 is 0 Å². The Hall–Kier alpha value is -2.67. The maximum Gasteiger partial charge on any atom is 0.416 e. The smallest absolute Gasteiger partial charge is 0.254 e. The molecule has 1 heterocycles. The van der Waals surface area contributed by atoms with Crippen molar-refractivity contribution >= 4 is 23.5 Å². The summed E-state index contributed by atoms with van der Waals surface area (Å²) in [6.45, 7) is 0. The molecular formula is C16H10ClF3N4. The summed E-state index contributed by atoms with van der Waals surface area (Å²) in [6, 6.07) is 10.1. The predicted molar refractivity (Wildman–Crippen MR) is 85.1 cm³/mol. The minimum atomic E-state index is -4.45. The number of hydrogen-bond acceptors (Lipinski definition) is 3. The summed E-state index contributed by atoms with van der Waals surface area (Å²) in [5.41, 5.74) is 0.451. The van der Waals surface area contributed by atoms with Crippen molar-refractivity contribution in [3.8, 4) is 5.69 Å². The van der Waals surface area contributed by atoms with Crippen LogP contribution in [0.2, 0.25) is 5.02 Å². The first-order valence-corrected chi connectivity index (χ1v) is 7.17. The van der Waals surface area contributed by atoms with Gasteiger partial charge in [-0.05, 0) is 35.9 Å². The lowest BCUT2D eigenvalue weighted by Gasteiger charge is -2.10. The first-order chi connectivity index (χ1) is 11.4. The Labute approximate surface area is 140 Å². The van der Waals surface area contributed by atoms with Gasteiger partial charge in [0.1, 0.15) is 12.7 Å². The minimum Gasteiger partial charge on any atom is -0.254 e. The van der Waals surface area contributed by atoms with E-state index in [4.69, 9.17) is 11.6 Å². The quantitative estimate of drug-likeness (QED) is 0.643. The molecule has 122 valence electrons. The van der Waals surface area contributed by atoms with E-state index in [1.54, 1.807) is 24.3 Å². The molecule has 0 aliphatic carbocycles. The largest absolute Gasteiger partial charge is 0.416 e. The van der Waals surface area contributed by atoms with Crippen LogP contribution in [-0.2, 0) is 6.18 Å². The number of halogens is 4. The topological polar surface area (TPSA) is 43.1 Å². The highest BCUT2D eigenvalue weighted by atomic mass is 35.5. The second-order valence-electron chi connectivity index (χ2n) is 4.85. The maximum atomic E-state index is 12.9. The average Bonchev–Trinajstić information content (AvgIpc) is 3.07. The Bertz CT molecular complexity index is 856. The van der Waals surface area contributed by atoms with Crippen molar-refractivity contribution in [1.29, 1.82) is 0 Å². The highest BCUT2D eigenvalue weighted by molar-refractivity contribution is 6.30. The lowest BCUT2D eigenvalue weighted by atomic mass is 10.1. The van der Waals surface area contributed by atoms with Crippen LogP contribution in [0, 0.1) is 0 Å². The standard InChI is InChI=1S/C16H10ClF3N4/c17-13-4-1-11(2-5-13)8-22-14-7-12(16(18,19)20)3-6-15(14)24-10-21-9-23-24/h1-10H. The molecule has 0 aliphatic rings. The second-order valence-corrected chi connectivity index (χ2v) is 5.29. The van der Waals surface area contributed by atoms with Crippen molar-refractivity contribution in [3.63, 3.8) is 0 Å². The van der Waals surface area contributed by atoms with Crippen LogP contribution >= 0.6 is 11.6 Å². The zero-order chi connectivity index (χ0) is 17.2. The first kappa shape index (κ1) is 16.2. The molecule has 0 saturated heterocycles. The number of rotatable bonds is 3. The summed E-state index contributed by atoms with van der Waals surface area (Å²) < 4.78 is 40.2. The molecular weight excluding hydrogens is 341 g/mol. The van der Waals surface area contributed by atoms with Gasteiger partial charge >= 0.3 is 6.18 Å². The number of aromatic nitrogens is 3. The molecule has 0 unspecified atom stereocenters. The van der Waals surface area contributed by atoms with Crippen molar-refractivity contribution in [2.45, 2.75) is 6.18 Å². The highest BCUT2D eigenvalue weighted by Gasteiger charge is 2.31. The van der Waals surface area contributed by atoms with Gasteiger partial charge in [-0.3, -0.25) is 4.99 Å². The minimum absolute atomic E-state index is 0.130. The Morgan fingerprint density at radius 1 is 1.08 bits per heavy atom. The molecule has 1 aromatic heterocycles. The molecule has 3 aromatic rings. The zero-order valence-electron chi connectivity index (χ0n) is 12.1. The molecule has 2 aromatic carbocycles. The van der Waals surface area contributed by atoms with E-state index >= 15 is 0 Å². The van der Waals surface area contributed by atoms with Crippen LogP contribution in [0.15, 0.2) is 60.1 Å². The summed E-state index contributed by atoms with van der Waals surface area (Å²) in [7, 11) is 0. The van der Waals surface area contributed by atoms with E-state index in [0.717, 1.165) is 12.1 Å². The first-order valence-electron chi connectivity index (χ1n) is 6.79. The van der Waals surface area contributed by atoms with Gasteiger partial charge in [0.2, 0.25) is 0 Å². The van der Waals surface area contributed by atoms with Gasteiger partial charge in [-0.25, -0.2) is 9.67 Å². The van der Waals surface area contributed by atoms with Gasteiger partial charge < -0.3 is 0 Å². The van der Waals surface area contributed by atoms with E-state index in [-0.39, 0.29) is 5.69 Å². The van der Waals surface area contributed by atoms with Gasteiger partial charge in [-0.1, -0.05) is 23.7 Å². The highest BCUT2D eigenvalue weighted by Crippen LogP contribution is 2.34. The van der Waals surface area contributed by atoms with Crippen LogP contribution in [-0.4, -0.2) is 21.0 Å². The SMILES string of the molecule is FC(F)(F)c1ccc(-n2cncn2)c(N=Cc2ccc(Cl)cc2)c1. The van der Waals surface area contributed by atoms with Crippen LogP contribution in [0.4, 0.5) is 18.9 Å². The Kier molecular flexibility index (Phi) is 4.35. The molecule has 0 saturated carbocycles. The normalized spacial score (nSPS) is 12.0. The Morgan fingerprint density at radius 3 is 2.46 bits per heavy atom. The number of nitrogens with zero attached hydrogens (tertiary/aromatic N) is 4. The second kappa shape index (κ2) is 6.45. The van der Waals surface area contributed by atoms with Crippen LogP contribution in [0.3, 0.4) is 0 Å². The summed E-state index contributed by atoms with van der Waals surface area (Å²) >= 11 is 5.80. The fourth-order valence-electron chi connectivity index (χ4n) is 2.02. The van der Waals surface area contributed by atoms with Crippen molar-refractivity contribution in [1.82, 2.24) is 14.8 Å². The molecule has 0 fully saturated rings. The van der Waals surface area contributed by atoms with E-state index in [0.29, 0.717) is 16.3 Å². The van der Waals surface area contributed by atoms with Crippen molar-refractivity contribution in [3.05, 3.63) is 71.3 Å². The van der Waals surface area contributed by atoms with Crippen LogP contribution in [0.1, 0.15) is 11.1 Å². The molecule has 24 heavy (non-hydrogen) atoms.